The lowest BCUT2D eigenvalue weighted by Gasteiger charge is -2.17. The van der Waals surface area contributed by atoms with Crippen molar-refractivity contribution in [1.29, 1.82) is 0 Å². The summed E-state index contributed by atoms with van der Waals surface area (Å²) in [6.45, 7) is 4.59. The molecule has 1 aromatic carbocycles. The highest BCUT2D eigenvalue weighted by Crippen LogP contribution is 2.34. The topological polar surface area (TPSA) is 84.4 Å². The molecule has 1 atom stereocenters. The molecule has 0 bridgehead atoms. The number of nitrogens with one attached hydrogen (secondary N) is 1. The molecule has 132 valence electrons. The first kappa shape index (κ1) is 17.5. The van der Waals surface area contributed by atoms with Crippen molar-refractivity contribution in [3.8, 4) is 0 Å². The van der Waals surface area contributed by atoms with Gasteiger partial charge in [0.05, 0.1) is 0 Å². The molecule has 8 heteroatoms. The van der Waals surface area contributed by atoms with Crippen LogP contribution in [0, 0.1) is 13.8 Å². The fourth-order valence-electron chi connectivity index (χ4n) is 2.97. The number of carbonyl (C=O) groups is 2. The van der Waals surface area contributed by atoms with Gasteiger partial charge in [-0.25, -0.2) is 0 Å². The molecule has 1 aliphatic heterocycles. The van der Waals surface area contributed by atoms with Crippen molar-refractivity contribution in [2.75, 3.05) is 30.5 Å². The van der Waals surface area contributed by atoms with E-state index in [1.165, 1.54) is 18.4 Å². The van der Waals surface area contributed by atoms with Gasteiger partial charge < -0.3 is 9.64 Å². The average molecular weight is 360 g/mol. The molecule has 0 unspecified atom stereocenters. The van der Waals surface area contributed by atoms with Crippen LogP contribution >= 0.6 is 11.3 Å². The number of hydrogen-bond acceptors (Lipinski definition) is 6. The van der Waals surface area contributed by atoms with Gasteiger partial charge in [-0.3, -0.25) is 14.9 Å². The first-order valence-corrected chi connectivity index (χ1v) is 8.78. The molecular weight excluding hydrogens is 340 g/mol. The predicted octanol–water partition coefficient (Wildman–Crippen LogP) is 2.26. The summed E-state index contributed by atoms with van der Waals surface area (Å²) in [5.74, 6) is -0.210. The normalized spacial score (nSPS) is 17.2. The monoisotopic (exact) mass is 360 g/mol. The molecule has 7 nitrogen and oxygen atoms in total. The van der Waals surface area contributed by atoms with E-state index < -0.39 is 0 Å². The molecule has 0 aliphatic carbocycles. The van der Waals surface area contributed by atoms with Crippen LogP contribution in [0.5, 0.6) is 0 Å². The van der Waals surface area contributed by atoms with Gasteiger partial charge in [0.1, 0.15) is 11.6 Å². The number of rotatable bonds is 5. The summed E-state index contributed by atoms with van der Waals surface area (Å²) in [7, 11) is 1.46. The molecule has 1 saturated heterocycles. The van der Waals surface area contributed by atoms with Gasteiger partial charge in [0.2, 0.25) is 11.0 Å². The van der Waals surface area contributed by atoms with Gasteiger partial charge in [0, 0.05) is 31.7 Å². The van der Waals surface area contributed by atoms with E-state index in [1.807, 2.05) is 26.0 Å². The van der Waals surface area contributed by atoms with E-state index in [-0.39, 0.29) is 24.3 Å². The fraction of sp³-hybridized carbons (Fsp3) is 0.412. The van der Waals surface area contributed by atoms with Crippen molar-refractivity contribution in [1.82, 2.24) is 10.2 Å². The quantitative estimate of drug-likeness (QED) is 0.884. The zero-order valence-corrected chi connectivity index (χ0v) is 15.2. The van der Waals surface area contributed by atoms with E-state index in [0.717, 1.165) is 21.8 Å². The number of ether oxygens (including phenoxy) is 1. The van der Waals surface area contributed by atoms with Crippen molar-refractivity contribution in [3.05, 3.63) is 34.3 Å². The smallest absolute Gasteiger partial charge is 0.252 e. The number of aromatic nitrogens is 2. The van der Waals surface area contributed by atoms with E-state index in [2.05, 4.69) is 21.6 Å². The standard InChI is InChI=1S/C17H20N4O3S/c1-10-4-11(2)6-13(5-10)21-8-12(7-15(21)23)16-19-20-17(25-16)18-14(22)9-24-3/h4-6,12H,7-9H2,1-3H3,(H,18,20,22)/t12-/m1/s1. The zero-order valence-electron chi connectivity index (χ0n) is 14.4. The second-order valence-electron chi connectivity index (χ2n) is 6.18. The van der Waals surface area contributed by atoms with Crippen molar-refractivity contribution < 1.29 is 14.3 Å². The Morgan fingerprint density at radius 2 is 2.04 bits per heavy atom. The molecule has 0 saturated carbocycles. The molecule has 2 aromatic rings. The summed E-state index contributed by atoms with van der Waals surface area (Å²) in [6, 6.07) is 6.12. The Bertz CT molecular complexity index is 785. The highest BCUT2D eigenvalue weighted by Gasteiger charge is 2.34. The minimum Gasteiger partial charge on any atom is -0.375 e. The maximum absolute atomic E-state index is 12.4. The van der Waals surface area contributed by atoms with Crippen LogP contribution in [0.4, 0.5) is 10.8 Å². The van der Waals surface area contributed by atoms with Gasteiger partial charge in [-0.05, 0) is 37.1 Å². The van der Waals surface area contributed by atoms with Crippen LogP contribution < -0.4 is 10.2 Å². The lowest BCUT2D eigenvalue weighted by atomic mass is 10.1. The second kappa shape index (κ2) is 7.28. The molecule has 2 heterocycles. The molecular formula is C17H20N4O3S. The van der Waals surface area contributed by atoms with Crippen LogP contribution in [0.3, 0.4) is 0 Å². The number of carbonyl (C=O) groups excluding carboxylic acids is 2. The number of nitrogens with zero attached hydrogens (tertiary/aromatic N) is 3. The van der Waals surface area contributed by atoms with Crippen molar-refractivity contribution in [2.45, 2.75) is 26.2 Å². The number of aryl methyl sites for hydroxylation is 2. The zero-order chi connectivity index (χ0) is 18.0. The first-order valence-electron chi connectivity index (χ1n) is 7.97. The Labute approximate surface area is 150 Å². The maximum Gasteiger partial charge on any atom is 0.252 e. The van der Waals surface area contributed by atoms with E-state index in [4.69, 9.17) is 4.74 Å². The van der Waals surface area contributed by atoms with Crippen molar-refractivity contribution in [2.24, 2.45) is 0 Å². The summed E-state index contributed by atoms with van der Waals surface area (Å²) < 4.78 is 4.77. The maximum atomic E-state index is 12.4. The SMILES string of the molecule is COCC(=O)Nc1nnc([C@@H]2CC(=O)N(c3cc(C)cc(C)c3)C2)s1. The molecule has 2 amide bonds. The Balaban J connectivity index is 1.72. The van der Waals surface area contributed by atoms with Crippen molar-refractivity contribution >= 4 is 34.0 Å². The third-order valence-electron chi connectivity index (χ3n) is 3.95. The van der Waals surface area contributed by atoms with Gasteiger partial charge in [0.15, 0.2) is 0 Å². The molecule has 0 radical (unpaired) electrons. The molecule has 1 aliphatic rings. The first-order chi connectivity index (χ1) is 12.0. The summed E-state index contributed by atoms with van der Waals surface area (Å²) >= 11 is 1.30. The van der Waals surface area contributed by atoms with E-state index in [9.17, 15) is 9.59 Å². The lowest BCUT2D eigenvalue weighted by molar-refractivity contribution is -0.119. The second-order valence-corrected chi connectivity index (χ2v) is 7.19. The average Bonchev–Trinajstić information content (AvgIpc) is 3.13. The van der Waals surface area contributed by atoms with E-state index >= 15 is 0 Å². The summed E-state index contributed by atoms with van der Waals surface area (Å²) in [6.07, 6.45) is 0.396. The lowest BCUT2D eigenvalue weighted by Crippen LogP contribution is -2.24. The minimum absolute atomic E-state index is 0.0149. The number of hydrogen-bond donors (Lipinski definition) is 1. The molecule has 25 heavy (non-hydrogen) atoms. The largest absolute Gasteiger partial charge is 0.375 e. The number of anilines is 2. The third kappa shape index (κ3) is 4.02. The van der Waals surface area contributed by atoms with Gasteiger partial charge >= 0.3 is 0 Å². The summed E-state index contributed by atoms with van der Waals surface area (Å²) in [5.41, 5.74) is 3.18. The minimum atomic E-state index is -0.274. The van der Waals surface area contributed by atoms with Crippen LogP contribution in [0.15, 0.2) is 18.2 Å². The van der Waals surface area contributed by atoms with Gasteiger partial charge in [-0.2, -0.15) is 0 Å². The molecule has 0 spiro atoms. The van der Waals surface area contributed by atoms with Crippen LogP contribution in [0.25, 0.3) is 0 Å². The number of methoxy groups -OCH3 is 1. The number of benzene rings is 1. The number of amides is 2. The third-order valence-corrected chi connectivity index (χ3v) is 4.96. The van der Waals surface area contributed by atoms with Gasteiger partial charge in [0.25, 0.3) is 5.91 Å². The molecule has 3 rings (SSSR count). The summed E-state index contributed by atoms with van der Waals surface area (Å²) in [4.78, 5) is 25.8. The van der Waals surface area contributed by atoms with E-state index in [1.54, 1.807) is 4.90 Å². The van der Waals surface area contributed by atoms with Gasteiger partial charge in [-0.1, -0.05) is 17.4 Å². The van der Waals surface area contributed by atoms with Crippen LogP contribution in [0.2, 0.25) is 0 Å². The van der Waals surface area contributed by atoms with Crippen molar-refractivity contribution in [3.63, 3.8) is 0 Å². The molecule has 1 fully saturated rings. The van der Waals surface area contributed by atoms with Crippen LogP contribution in [-0.2, 0) is 14.3 Å². The molecule has 1 aromatic heterocycles. The fourth-order valence-corrected chi connectivity index (χ4v) is 3.82. The molecule has 1 N–H and O–H groups in total. The summed E-state index contributed by atoms with van der Waals surface area (Å²) in [5, 5.41) is 11.9. The Kier molecular flexibility index (Phi) is 5.10. The predicted molar refractivity (Wildman–Crippen MR) is 96.0 cm³/mol. The highest BCUT2D eigenvalue weighted by molar-refractivity contribution is 7.15. The Morgan fingerprint density at radius 1 is 1.32 bits per heavy atom. The van der Waals surface area contributed by atoms with Crippen LogP contribution in [-0.4, -0.2) is 42.3 Å². The van der Waals surface area contributed by atoms with E-state index in [0.29, 0.717) is 18.1 Å². The Morgan fingerprint density at radius 3 is 2.72 bits per heavy atom. The Hall–Kier alpha value is -2.32. The van der Waals surface area contributed by atoms with Crippen LogP contribution in [0.1, 0.15) is 28.5 Å². The highest BCUT2D eigenvalue weighted by atomic mass is 32.1. The van der Waals surface area contributed by atoms with Gasteiger partial charge in [-0.15, -0.1) is 10.2 Å².